The fraction of sp³-hybridized carbons (Fsp3) is 0.0833. The number of rotatable bonds is 3. The molecule has 0 saturated carbocycles. The third-order valence-electron chi connectivity index (χ3n) is 2.67. The van der Waals surface area contributed by atoms with Crippen LogP contribution in [0.2, 0.25) is 0 Å². The summed E-state index contributed by atoms with van der Waals surface area (Å²) < 4.78 is 23.1. The molecule has 0 saturated heterocycles. The van der Waals surface area contributed by atoms with Gasteiger partial charge in [-0.1, -0.05) is 0 Å². The Labute approximate surface area is 129 Å². The summed E-state index contributed by atoms with van der Waals surface area (Å²) in [6.07, 6.45) is 0. The average Bonchev–Trinajstić information content (AvgIpc) is 2.82. The second-order valence-corrected chi connectivity index (χ2v) is 7.33. The van der Waals surface area contributed by atoms with Crippen LogP contribution < -0.4 is 10.0 Å². The Morgan fingerprint density at radius 2 is 1.85 bits per heavy atom. The van der Waals surface area contributed by atoms with Crippen molar-refractivity contribution in [2.45, 2.75) is 4.90 Å². The van der Waals surface area contributed by atoms with Crippen molar-refractivity contribution in [2.75, 3.05) is 11.9 Å². The number of nitrogens with two attached hydrogens (primary N) is 1. The van der Waals surface area contributed by atoms with Gasteiger partial charge in [-0.3, -0.25) is 4.79 Å². The normalized spacial score (nSPS) is 11.3. The van der Waals surface area contributed by atoms with E-state index in [-0.39, 0.29) is 10.8 Å². The average molecular weight is 375 g/mol. The molecule has 0 aliphatic carbocycles. The highest BCUT2D eigenvalue weighted by molar-refractivity contribution is 9.10. The number of thiophene rings is 1. The number of hydrogen-bond donors (Lipinski definition) is 1. The summed E-state index contributed by atoms with van der Waals surface area (Å²) in [5.74, 6) is -0.171. The lowest BCUT2D eigenvalue weighted by Crippen LogP contribution is -2.25. The minimum absolute atomic E-state index is 0.0133. The Morgan fingerprint density at radius 3 is 2.30 bits per heavy atom. The Kier molecular flexibility index (Phi) is 4.28. The molecule has 0 aliphatic rings. The number of anilines is 1. The van der Waals surface area contributed by atoms with Crippen LogP contribution in [0.25, 0.3) is 0 Å². The third-order valence-corrected chi connectivity index (χ3v) is 5.42. The monoisotopic (exact) mass is 374 g/mol. The maximum Gasteiger partial charge on any atom is 0.269 e. The van der Waals surface area contributed by atoms with Crippen molar-refractivity contribution in [1.29, 1.82) is 0 Å². The molecular weight excluding hydrogens is 364 g/mol. The molecule has 1 aromatic carbocycles. The molecule has 5 nitrogen and oxygen atoms in total. The molecule has 0 spiro atoms. The molecule has 0 bridgehead atoms. The summed E-state index contributed by atoms with van der Waals surface area (Å²) in [5.41, 5.74) is 0.586. The van der Waals surface area contributed by atoms with Crippen molar-refractivity contribution >= 4 is 48.9 Å². The highest BCUT2D eigenvalue weighted by atomic mass is 79.9. The molecule has 1 heterocycles. The maximum atomic E-state index is 12.3. The SMILES string of the molecule is CN(C(=O)c1sccc1Br)c1ccc(S(N)(=O)=O)cc1. The van der Waals surface area contributed by atoms with Gasteiger partial charge in [-0.2, -0.15) is 0 Å². The van der Waals surface area contributed by atoms with Gasteiger partial charge in [0.15, 0.2) is 0 Å². The molecular formula is C12H11BrN2O3S2. The summed E-state index contributed by atoms with van der Waals surface area (Å²) in [7, 11) is -2.10. The fourth-order valence-corrected chi connectivity index (χ4v) is 3.61. The van der Waals surface area contributed by atoms with Crippen molar-refractivity contribution in [3.05, 3.63) is 45.1 Å². The Morgan fingerprint density at radius 1 is 1.25 bits per heavy atom. The molecule has 0 atom stereocenters. The number of amides is 1. The van der Waals surface area contributed by atoms with Crippen LogP contribution in [0.5, 0.6) is 0 Å². The molecule has 20 heavy (non-hydrogen) atoms. The zero-order valence-corrected chi connectivity index (χ0v) is 13.6. The molecule has 0 radical (unpaired) electrons. The van der Waals surface area contributed by atoms with E-state index in [1.54, 1.807) is 25.2 Å². The van der Waals surface area contributed by atoms with Crippen molar-refractivity contribution in [2.24, 2.45) is 5.14 Å². The van der Waals surface area contributed by atoms with Crippen LogP contribution in [0.3, 0.4) is 0 Å². The van der Waals surface area contributed by atoms with E-state index >= 15 is 0 Å². The van der Waals surface area contributed by atoms with E-state index in [0.29, 0.717) is 10.6 Å². The molecule has 8 heteroatoms. The summed E-state index contributed by atoms with van der Waals surface area (Å²) >= 11 is 4.65. The van der Waals surface area contributed by atoms with E-state index in [1.807, 2.05) is 5.38 Å². The topological polar surface area (TPSA) is 80.5 Å². The van der Waals surface area contributed by atoms with Crippen LogP contribution in [0, 0.1) is 0 Å². The van der Waals surface area contributed by atoms with Crippen molar-refractivity contribution < 1.29 is 13.2 Å². The summed E-state index contributed by atoms with van der Waals surface area (Å²) in [6.45, 7) is 0. The van der Waals surface area contributed by atoms with E-state index in [0.717, 1.165) is 4.47 Å². The Hall–Kier alpha value is -1.22. The van der Waals surface area contributed by atoms with Gasteiger partial charge in [0.1, 0.15) is 4.88 Å². The predicted octanol–water partition coefficient (Wildman–Crippen LogP) is 2.43. The number of halogens is 1. The van der Waals surface area contributed by atoms with Crippen LogP contribution in [0.15, 0.2) is 45.1 Å². The highest BCUT2D eigenvalue weighted by Crippen LogP contribution is 2.26. The largest absolute Gasteiger partial charge is 0.311 e. The van der Waals surface area contributed by atoms with Crippen LogP contribution in [-0.2, 0) is 10.0 Å². The van der Waals surface area contributed by atoms with E-state index in [2.05, 4.69) is 15.9 Å². The molecule has 2 aromatic rings. The highest BCUT2D eigenvalue weighted by Gasteiger charge is 2.18. The van der Waals surface area contributed by atoms with Gasteiger partial charge in [-0.15, -0.1) is 11.3 Å². The number of hydrogen-bond acceptors (Lipinski definition) is 4. The van der Waals surface area contributed by atoms with E-state index in [1.165, 1.54) is 28.4 Å². The van der Waals surface area contributed by atoms with Gasteiger partial charge in [0.2, 0.25) is 10.0 Å². The number of carbonyl (C=O) groups is 1. The summed E-state index contributed by atoms with van der Waals surface area (Å²) in [4.78, 5) is 14.3. The fourth-order valence-electron chi connectivity index (χ4n) is 1.58. The third kappa shape index (κ3) is 3.09. The first kappa shape index (κ1) is 15.2. The smallest absolute Gasteiger partial charge is 0.269 e. The lowest BCUT2D eigenvalue weighted by molar-refractivity contribution is 0.0996. The number of carbonyl (C=O) groups excluding carboxylic acids is 1. The molecule has 106 valence electrons. The molecule has 0 aliphatic heterocycles. The number of benzene rings is 1. The maximum absolute atomic E-state index is 12.3. The Bertz CT molecular complexity index is 738. The van der Waals surface area contributed by atoms with Gasteiger partial charge in [-0.25, -0.2) is 13.6 Å². The zero-order chi connectivity index (χ0) is 14.9. The predicted molar refractivity (Wildman–Crippen MR) is 82.6 cm³/mol. The Balaban J connectivity index is 2.28. The lowest BCUT2D eigenvalue weighted by atomic mass is 10.3. The molecule has 1 aromatic heterocycles. The molecule has 1 amide bonds. The van der Waals surface area contributed by atoms with Gasteiger partial charge in [-0.05, 0) is 51.6 Å². The molecule has 2 N–H and O–H groups in total. The van der Waals surface area contributed by atoms with E-state index < -0.39 is 10.0 Å². The second-order valence-electron chi connectivity index (χ2n) is 4.00. The standard InChI is InChI=1S/C12H11BrN2O3S2/c1-15(12(16)11-10(13)6-7-19-11)8-2-4-9(5-3-8)20(14,17)18/h2-7H,1H3,(H2,14,17,18). The van der Waals surface area contributed by atoms with Crippen LogP contribution >= 0.6 is 27.3 Å². The number of sulfonamides is 1. The second kappa shape index (κ2) is 5.65. The quantitative estimate of drug-likeness (QED) is 0.895. The van der Waals surface area contributed by atoms with Gasteiger partial charge in [0.25, 0.3) is 5.91 Å². The minimum atomic E-state index is -3.72. The van der Waals surface area contributed by atoms with Crippen LogP contribution in [0.4, 0.5) is 5.69 Å². The van der Waals surface area contributed by atoms with Gasteiger partial charge >= 0.3 is 0 Å². The number of nitrogens with zero attached hydrogens (tertiary/aromatic N) is 1. The molecule has 0 fully saturated rings. The lowest BCUT2D eigenvalue weighted by Gasteiger charge is -2.17. The van der Waals surface area contributed by atoms with Crippen molar-refractivity contribution in [3.63, 3.8) is 0 Å². The van der Waals surface area contributed by atoms with Crippen LogP contribution in [-0.4, -0.2) is 21.4 Å². The van der Waals surface area contributed by atoms with E-state index in [4.69, 9.17) is 5.14 Å². The minimum Gasteiger partial charge on any atom is -0.311 e. The first-order valence-electron chi connectivity index (χ1n) is 5.44. The molecule has 2 rings (SSSR count). The van der Waals surface area contributed by atoms with Gasteiger partial charge in [0, 0.05) is 17.2 Å². The number of primary sulfonamides is 1. The zero-order valence-electron chi connectivity index (χ0n) is 10.4. The first-order valence-corrected chi connectivity index (χ1v) is 8.66. The first-order chi connectivity index (χ1) is 9.30. The van der Waals surface area contributed by atoms with Gasteiger partial charge < -0.3 is 4.90 Å². The van der Waals surface area contributed by atoms with Crippen molar-refractivity contribution in [1.82, 2.24) is 0 Å². The van der Waals surface area contributed by atoms with E-state index in [9.17, 15) is 13.2 Å². The molecule has 0 unspecified atom stereocenters. The summed E-state index contributed by atoms with van der Waals surface area (Å²) in [6, 6.07) is 7.63. The van der Waals surface area contributed by atoms with Crippen molar-refractivity contribution in [3.8, 4) is 0 Å². The van der Waals surface area contributed by atoms with Crippen LogP contribution in [0.1, 0.15) is 9.67 Å². The summed E-state index contributed by atoms with van der Waals surface area (Å²) in [5, 5.41) is 6.84. The van der Waals surface area contributed by atoms with Gasteiger partial charge in [0.05, 0.1) is 4.90 Å².